The first kappa shape index (κ1) is 14.9. The molecule has 1 aromatic carbocycles. The van der Waals surface area contributed by atoms with Crippen LogP contribution in [0, 0.1) is 0 Å². The van der Waals surface area contributed by atoms with Crippen LogP contribution in [-0.2, 0) is 4.79 Å². The molecule has 0 atom stereocenters. The van der Waals surface area contributed by atoms with Crippen molar-refractivity contribution in [1.82, 2.24) is 15.1 Å². The number of rotatable bonds is 5. The van der Waals surface area contributed by atoms with Gasteiger partial charge in [-0.3, -0.25) is 4.79 Å². The topological polar surface area (TPSA) is 59.2 Å². The van der Waals surface area contributed by atoms with Crippen molar-refractivity contribution < 1.29 is 9.21 Å². The molecule has 1 amide bonds. The zero-order valence-corrected chi connectivity index (χ0v) is 12.7. The number of carbonyl (C=O) groups is 1. The van der Waals surface area contributed by atoms with Crippen LogP contribution < -0.4 is 0 Å². The Balaban J connectivity index is 1.92. The van der Waals surface area contributed by atoms with E-state index < -0.39 is 0 Å². The van der Waals surface area contributed by atoms with E-state index in [1.807, 2.05) is 12.1 Å². The highest BCUT2D eigenvalue weighted by molar-refractivity contribution is 7.99. The summed E-state index contributed by atoms with van der Waals surface area (Å²) in [5.74, 6) is 1.14. The molecule has 0 saturated heterocycles. The van der Waals surface area contributed by atoms with Crippen LogP contribution in [0.4, 0.5) is 0 Å². The van der Waals surface area contributed by atoms with E-state index >= 15 is 0 Å². The van der Waals surface area contributed by atoms with E-state index in [0.29, 0.717) is 28.3 Å². The fourth-order valence-electron chi connectivity index (χ4n) is 1.43. The van der Waals surface area contributed by atoms with Gasteiger partial charge in [0.05, 0.1) is 0 Å². The predicted octanol–water partition coefficient (Wildman–Crippen LogP) is 2.96. The van der Waals surface area contributed by atoms with Crippen molar-refractivity contribution in [3.8, 4) is 11.5 Å². The summed E-state index contributed by atoms with van der Waals surface area (Å²) in [4.78, 5) is 13.0. The van der Waals surface area contributed by atoms with Gasteiger partial charge in [-0.25, -0.2) is 0 Å². The molecule has 106 valence electrons. The molecule has 1 aromatic heterocycles. The van der Waals surface area contributed by atoms with Gasteiger partial charge < -0.3 is 9.32 Å². The normalized spacial score (nSPS) is 10.6. The van der Waals surface area contributed by atoms with Gasteiger partial charge in [0.1, 0.15) is 0 Å². The van der Waals surface area contributed by atoms with Crippen molar-refractivity contribution in [1.29, 1.82) is 0 Å². The zero-order chi connectivity index (χ0) is 14.5. The fraction of sp³-hybridized carbons (Fsp3) is 0.308. The monoisotopic (exact) mass is 311 g/mol. The van der Waals surface area contributed by atoms with Crippen molar-refractivity contribution in [2.75, 3.05) is 19.8 Å². The third-order valence-electron chi connectivity index (χ3n) is 2.54. The lowest BCUT2D eigenvalue weighted by Gasteiger charge is -2.08. The smallest absolute Gasteiger partial charge is 0.276 e. The standard InChI is InChI=1S/C13H14ClN3O2S/c1-17(2)11(18)7-8-20-13-16-15-12(19-13)9-3-5-10(14)6-4-9/h3-6H,7-8H2,1-2H3. The van der Waals surface area contributed by atoms with Crippen LogP contribution in [0.5, 0.6) is 0 Å². The van der Waals surface area contributed by atoms with Crippen molar-refractivity contribution >= 4 is 29.3 Å². The number of benzene rings is 1. The number of carbonyl (C=O) groups excluding carboxylic acids is 1. The van der Waals surface area contributed by atoms with E-state index in [4.69, 9.17) is 16.0 Å². The Morgan fingerprint density at radius 2 is 2.00 bits per heavy atom. The number of hydrogen-bond donors (Lipinski definition) is 0. The molecule has 0 N–H and O–H groups in total. The van der Waals surface area contributed by atoms with Gasteiger partial charge >= 0.3 is 0 Å². The maximum Gasteiger partial charge on any atom is 0.276 e. The van der Waals surface area contributed by atoms with Crippen LogP contribution in [0.25, 0.3) is 11.5 Å². The molecule has 5 nitrogen and oxygen atoms in total. The molecule has 0 saturated carbocycles. The Bertz CT molecular complexity index is 584. The Hall–Kier alpha value is -1.53. The van der Waals surface area contributed by atoms with Gasteiger partial charge in [0.15, 0.2) is 0 Å². The number of thioether (sulfide) groups is 1. The second-order valence-corrected chi connectivity index (χ2v) is 5.75. The van der Waals surface area contributed by atoms with E-state index in [9.17, 15) is 4.79 Å². The second-order valence-electron chi connectivity index (χ2n) is 4.27. The molecule has 0 aliphatic rings. The summed E-state index contributed by atoms with van der Waals surface area (Å²) in [7, 11) is 3.47. The minimum absolute atomic E-state index is 0.0786. The summed E-state index contributed by atoms with van der Waals surface area (Å²) >= 11 is 7.19. The molecule has 0 aliphatic heterocycles. The van der Waals surface area contributed by atoms with Crippen molar-refractivity contribution in [2.45, 2.75) is 11.6 Å². The highest BCUT2D eigenvalue weighted by Gasteiger charge is 2.10. The Morgan fingerprint density at radius 3 is 2.65 bits per heavy atom. The Kier molecular flexibility index (Phi) is 5.03. The molecule has 2 rings (SSSR count). The summed E-state index contributed by atoms with van der Waals surface area (Å²) in [6.45, 7) is 0. The largest absolute Gasteiger partial charge is 0.411 e. The van der Waals surface area contributed by atoms with Gasteiger partial charge in [0.25, 0.3) is 5.22 Å². The number of nitrogens with zero attached hydrogens (tertiary/aromatic N) is 3. The molecule has 0 bridgehead atoms. The van der Waals surface area contributed by atoms with Crippen molar-refractivity contribution in [2.24, 2.45) is 0 Å². The first-order valence-corrected chi connectivity index (χ1v) is 7.35. The minimum atomic E-state index is 0.0786. The van der Waals surface area contributed by atoms with Crippen LogP contribution in [0.1, 0.15) is 6.42 Å². The van der Waals surface area contributed by atoms with Crippen molar-refractivity contribution in [3.63, 3.8) is 0 Å². The number of aromatic nitrogens is 2. The van der Waals surface area contributed by atoms with Crippen molar-refractivity contribution in [3.05, 3.63) is 29.3 Å². The van der Waals surface area contributed by atoms with Gasteiger partial charge in [0, 0.05) is 36.9 Å². The quantitative estimate of drug-likeness (QED) is 0.795. The van der Waals surface area contributed by atoms with E-state index in [1.54, 1.807) is 31.1 Å². The summed E-state index contributed by atoms with van der Waals surface area (Å²) in [5, 5.41) is 9.04. The lowest BCUT2D eigenvalue weighted by atomic mass is 10.2. The van der Waals surface area contributed by atoms with Gasteiger partial charge in [-0.05, 0) is 24.3 Å². The molecule has 0 spiro atoms. The SMILES string of the molecule is CN(C)C(=O)CCSc1nnc(-c2ccc(Cl)cc2)o1. The molecule has 0 radical (unpaired) electrons. The lowest BCUT2D eigenvalue weighted by Crippen LogP contribution is -2.21. The molecule has 1 heterocycles. The molecular weight excluding hydrogens is 298 g/mol. The maximum absolute atomic E-state index is 11.4. The fourth-order valence-corrected chi connectivity index (χ4v) is 2.24. The average Bonchev–Trinajstić information content (AvgIpc) is 2.88. The summed E-state index contributed by atoms with van der Waals surface area (Å²) in [5.41, 5.74) is 0.818. The molecular formula is C13H14ClN3O2S. The highest BCUT2D eigenvalue weighted by atomic mass is 35.5. The Morgan fingerprint density at radius 1 is 1.30 bits per heavy atom. The van der Waals surface area contributed by atoms with Crippen LogP contribution in [0.15, 0.2) is 33.9 Å². The molecule has 2 aromatic rings. The Labute approximate surface area is 126 Å². The predicted molar refractivity (Wildman–Crippen MR) is 78.8 cm³/mol. The third kappa shape index (κ3) is 3.98. The van der Waals surface area contributed by atoms with Crippen LogP contribution >= 0.6 is 23.4 Å². The van der Waals surface area contributed by atoms with Gasteiger partial charge in [0.2, 0.25) is 11.8 Å². The molecule has 0 aliphatic carbocycles. The molecule has 20 heavy (non-hydrogen) atoms. The first-order valence-electron chi connectivity index (χ1n) is 5.98. The van der Waals surface area contributed by atoms with E-state index in [2.05, 4.69) is 10.2 Å². The summed E-state index contributed by atoms with van der Waals surface area (Å²) in [6.07, 6.45) is 0.441. The number of hydrogen-bond acceptors (Lipinski definition) is 5. The second kappa shape index (κ2) is 6.76. The molecule has 7 heteroatoms. The zero-order valence-electron chi connectivity index (χ0n) is 11.2. The number of halogens is 1. The first-order chi connectivity index (χ1) is 9.56. The molecule has 0 unspecified atom stereocenters. The van der Waals surface area contributed by atoms with E-state index in [-0.39, 0.29) is 5.91 Å². The van der Waals surface area contributed by atoms with E-state index in [0.717, 1.165) is 5.56 Å². The summed E-state index contributed by atoms with van der Waals surface area (Å²) in [6, 6.07) is 7.17. The molecule has 0 fully saturated rings. The average molecular weight is 312 g/mol. The van der Waals surface area contributed by atoms with Crippen LogP contribution in [0.2, 0.25) is 5.02 Å². The highest BCUT2D eigenvalue weighted by Crippen LogP contribution is 2.24. The summed E-state index contributed by atoms with van der Waals surface area (Å²) < 4.78 is 5.52. The third-order valence-corrected chi connectivity index (χ3v) is 3.61. The van der Waals surface area contributed by atoms with Gasteiger partial charge in [-0.2, -0.15) is 0 Å². The minimum Gasteiger partial charge on any atom is -0.411 e. The lowest BCUT2D eigenvalue weighted by molar-refractivity contribution is -0.128. The van der Waals surface area contributed by atoms with Crippen LogP contribution in [0.3, 0.4) is 0 Å². The number of amides is 1. The maximum atomic E-state index is 11.4. The van der Waals surface area contributed by atoms with E-state index in [1.165, 1.54) is 11.8 Å². The van der Waals surface area contributed by atoms with Gasteiger partial charge in [-0.1, -0.05) is 23.4 Å². The van der Waals surface area contributed by atoms with Gasteiger partial charge in [-0.15, -0.1) is 10.2 Å². The van der Waals surface area contributed by atoms with Crippen LogP contribution in [-0.4, -0.2) is 40.9 Å².